The molecule has 1 aromatic rings. The van der Waals surface area contributed by atoms with Crippen molar-refractivity contribution in [2.45, 2.75) is 26.4 Å². The highest BCUT2D eigenvalue weighted by molar-refractivity contribution is 5.79. The summed E-state index contributed by atoms with van der Waals surface area (Å²) in [7, 11) is 0. The van der Waals surface area contributed by atoms with E-state index in [2.05, 4.69) is 0 Å². The van der Waals surface area contributed by atoms with Gasteiger partial charge in [0, 0.05) is 13.4 Å². The fraction of sp³-hybridized carbons (Fsp3) is 0.385. The lowest BCUT2D eigenvalue weighted by Gasteiger charge is -2.24. The molecule has 5 nitrogen and oxygen atoms in total. The Morgan fingerprint density at radius 2 is 2.17 bits per heavy atom. The van der Waals surface area contributed by atoms with Crippen molar-refractivity contribution >= 4 is 12.1 Å². The third-order valence-corrected chi connectivity index (χ3v) is 2.27. The topological polar surface area (TPSA) is 66.8 Å². The first-order chi connectivity index (χ1) is 10.5. The van der Waals surface area contributed by atoms with E-state index in [-0.39, 0.29) is 11.5 Å². The van der Waals surface area contributed by atoms with E-state index in [1.165, 1.54) is 0 Å². The number of carboxylic acid groups (broad SMARTS) is 1. The molecule has 0 aromatic heterocycles. The van der Waals surface area contributed by atoms with Crippen LogP contribution in [-0.2, 0) is 16.1 Å². The third kappa shape index (κ3) is 3.76. The maximum atomic E-state index is 12.1. The molecule has 1 atom stereocenters. The Bertz CT molecular complexity index is 561. The molecular weight excluding hydrogens is 234 g/mol. The fourth-order valence-corrected chi connectivity index (χ4v) is 1.20. The van der Waals surface area contributed by atoms with Crippen molar-refractivity contribution in [1.29, 1.82) is 0 Å². The van der Waals surface area contributed by atoms with Gasteiger partial charge in [0.15, 0.2) is 0 Å². The highest BCUT2D eigenvalue weighted by Gasteiger charge is 2.25. The van der Waals surface area contributed by atoms with E-state index in [9.17, 15) is 9.59 Å². The van der Waals surface area contributed by atoms with E-state index < -0.39 is 31.5 Å². The fourth-order valence-electron chi connectivity index (χ4n) is 1.20. The zero-order valence-corrected chi connectivity index (χ0v) is 9.79. The summed E-state index contributed by atoms with van der Waals surface area (Å²) < 4.78 is 41.8. The third-order valence-electron chi connectivity index (χ3n) is 2.27. The van der Waals surface area contributed by atoms with Gasteiger partial charge in [-0.1, -0.05) is 30.3 Å². The van der Waals surface area contributed by atoms with Gasteiger partial charge in [-0.25, -0.2) is 9.59 Å². The lowest BCUT2D eigenvalue weighted by molar-refractivity contribution is -0.142. The summed E-state index contributed by atoms with van der Waals surface area (Å²) in [4.78, 5) is 23.3. The van der Waals surface area contributed by atoms with E-state index >= 15 is 0 Å². The number of carbonyl (C=O) groups excluding carboxylic acids is 1. The van der Waals surface area contributed by atoms with Crippen LogP contribution in [0, 0.1) is 0 Å². The van der Waals surface area contributed by atoms with E-state index in [0.717, 1.165) is 6.92 Å². The minimum atomic E-state index is -3.23. The van der Waals surface area contributed by atoms with E-state index in [1.807, 2.05) is 0 Å². The van der Waals surface area contributed by atoms with Gasteiger partial charge in [0.1, 0.15) is 12.6 Å². The molecule has 0 aliphatic carbocycles. The SMILES string of the molecule is [2H]C([2H])([2H])C([2H])([2H])N(C(=O)OCc1ccccc1)[C@@H](C)C(=O)O. The summed E-state index contributed by atoms with van der Waals surface area (Å²) in [5.41, 5.74) is 0.596. The van der Waals surface area contributed by atoms with Crippen molar-refractivity contribution in [1.82, 2.24) is 4.90 Å². The highest BCUT2D eigenvalue weighted by atomic mass is 16.6. The quantitative estimate of drug-likeness (QED) is 0.876. The van der Waals surface area contributed by atoms with Gasteiger partial charge in [0.05, 0.1) is 0 Å². The largest absolute Gasteiger partial charge is 0.480 e. The number of hydrogen-bond donors (Lipinski definition) is 1. The van der Waals surface area contributed by atoms with Crippen LogP contribution in [0.15, 0.2) is 30.3 Å². The van der Waals surface area contributed by atoms with Crippen LogP contribution >= 0.6 is 0 Å². The molecule has 0 fully saturated rings. The van der Waals surface area contributed by atoms with Crippen LogP contribution < -0.4 is 0 Å². The van der Waals surface area contributed by atoms with E-state index in [4.69, 9.17) is 16.7 Å². The molecule has 1 amide bonds. The Kier molecular flexibility index (Phi) is 3.00. The van der Waals surface area contributed by atoms with Crippen LogP contribution in [0.5, 0.6) is 0 Å². The number of benzene rings is 1. The van der Waals surface area contributed by atoms with Crippen LogP contribution in [0.2, 0.25) is 0 Å². The molecule has 0 spiro atoms. The molecule has 0 radical (unpaired) electrons. The van der Waals surface area contributed by atoms with Crippen molar-refractivity contribution in [2.75, 3.05) is 6.50 Å². The van der Waals surface area contributed by atoms with Crippen LogP contribution in [0.1, 0.15) is 26.2 Å². The Hall–Kier alpha value is -2.04. The van der Waals surface area contributed by atoms with Crippen LogP contribution in [0.25, 0.3) is 0 Å². The predicted octanol–water partition coefficient (Wildman–Crippen LogP) is 2.12. The molecule has 0 aliphatic rings. The van der Waals surface area contributed by atoms with Gasteiger partial charge in [-0.3, -0.25) is 4.90 Å². The minimum Gasteiger partial charge on any atom is -0.480 e. The van der Waals surface area contributed by atoms with Crippen molar-refractivity contribution in [2.24, 2.45) is 0 Å². The predicted molar refractivity (Wildman–Crippen MR) is 66.1 cm³/mol. The van der Waals surface area contributed by atoms with Crippen molar-refractivity contribution in [3.63, 3.8) is 0 Å². The van der Waals surface area contributed by atoms with Gasteiger partial charge < -0.3 is 9.84 Å². The molecule has 18 heavy (non-hydrogen) atoms. The van der Waals surface area contributed by atoms with Gasteiger partial charge in [-0.2, -0.15) is 0 Å². The number of hydrogen-bond acceptors (Lipinski definition) is 3. The highest BCUT2D eigenvalue weighted by Crippen LogP contribution is 2.06. The standard InChI is InChI=1S/C13H17NO4/c1-3-14(10(2)12(15)16)13(17)18-9-11-7-5-4-6-8-11/h4-8,10H,3,9H2,1-2H3,(H,15,16)/t10-/m0/s1/i1D3,3D2. The van der Waals surface area contributed by atoms with E-state index in [0.29, 0.717) is 5.56 Å². The second kappa shape index (κ2) is 6.64. The maximum Gasteiger partial charge on any atom is 0.410 e. The Balaban J connectivity index is 3.00. The smallest absolute Gasteiger partial charge is 0.410 e. The van der Waals surface area contributed by atoms with E-state index in [1.54, 1.807) is 30.3 Å². The number of nitrogens with zero attached hydrogens (tertiary/aromatic N) is 1. The first-order valence-corrected chi connectivity index (χ1v) is 5.21. The molecule has 0 bridgehead atoms. The molecular formula is C13H17NO4. The number of carbonyl (C=O) groups is 2. The van der Waals surface area contributed by atoms with Crippen molar-refractivity contribution in [3.8, 4) is 0 Å². The number of carboxylic acids is 1. The summed E-state index contributed by atoms with van der Waals surface area (Å²) >= 11 is 0. The molecule has 0 saturated heterocycles. The number of ether oxygens (including phenoxy) is 1. The van der Waals surface area contributed by atoms with Gasteiger partial charge >= 0.3 is 12.1 Å². The normalized spacial score (nSPS) is 17.3. The Labute approximate surface area is 113 Å². The summed E-state index contributed by atoms with van der Waals surface area (Å²) in [6.07, 6.45) is -1.36. The Morgan fingerprint density at radius 3 is 2.72 bits per heavy atom. The molecule has 98 valence electrons. The van der Waals surface area contributed by atoms with Crippen LogP contribution in [0.4, 0.5) is 4.79 Å². The number of amides is 1. The number of likely N-dealkylation sites (N-methyl/N-ethyl adjacent to an activating group) is 1. The van der Waals surface area contributed by atoms with Gasteiger partial charge in [0.2, 0.25) is 0 Å². The average molecular weight is 256 g/mol. The monoisotopic (exact) mass is 256 g/mol. The average Bonchev–Trinajstić information content (AvgIpc) is 2.44. The van der Waals surface area contributed by atoms with Gasteiger partial charge in [-0.05, 0) is 19.3 Å². The lowest BCUT2D eigenvalue weighted by Crippen LogP contribution is -2.43. The second-order valence-electron chi connectivity index (χ2n) is 3.54. The zero-order valence-electron chi connectivity index (χ0n) is 14.8. The first-order valence-electron chi connectivity index (χ1n) is 7.71. The van der Waals surface area contributed by atoms with Crippen molar-refractivity contribution < 1.29 is 26.3 Å². The molecule has 5 heteroatoms. The summed E-state index contributed by atoms with van der Waals surface area (Å²) in [6, 6.07) is 6.73. The molecule has 0 saturated carbocycles. The molecule has 0 unspecified atom stereocenters. The van der Waals surface area contributed by atoms with Gasteiger partial charge in [0.25, 0.3) is 0 Å². The lowest BCUT2D eigenvalue weighted by atomic mass is 10.2. The zero-order chi connectivity index (χ0) is 17.8. The van der Waals surface area contributed by atoms with Crippen molar-refractivity contribution in [3.05, 3.63) is 35.9 Å². The molecule has 1 rings (SSSR count). The molecule has 0 heterocycles. The number of aliphatic carboxylic acids is 1. The summed E-state index contributed by atoms with van der Waals surface area (Å²) in [5, 5.41) is 9.02. The van der Waals surface area contributed by atoms with Crippen LogP contribution in [0.3, 0.4) is 0 Å². The van der Waals surface area contributed by atoms with Crippen LogP contribution in [-0.4, -0.2) is 34.6 Å². The second-order valence-corrected chi connectivity index (χ2v) is 3.54. The summed E-state index contributed by atoms with van der Waals surface area (Å²) in [6.45, 7) is -5.66. The first kappa shape index (κ1) is 8.13. The maximum absolute atomic E-state index is 12.1. The molecule has 1 N–H and O–H groups in total. The molecule has 0 aliphatic heterocycles. The minimum absolute atomic E-state index is 0.0886. The number of rotatable bonds is 5. The Morgan fingerprint density at radius 1 is 1.50 bits per heavy atom. The van der Waals surface area contributed by atoms with Gasteiger partial charge in [-0.15, -0.1) is 0 Å². The molecule has 1 aromatic carbocycles. The summed E-state index contributed by atoms with van der Waals surface area (Å²) in [5.74, 6) is -1.55.